The van der Waals surface area contributed by atoms with Gasteiger partial charge >= 0.3 is 0 Å². The van der Waals surface area contributed by atoms with Crippen LogP contribution >= 0.6 is 0 Å². The molecule has 1 atom stereocenters. The van der Waals surface area contributed by atoms with Crippen LogP contribution in [0.5, 0.6) is 0 Å². The van der Waals surface area contributed by atoms with Gasteiger partial charge in [-0.25, -0.2) is 9.37 Å². The monoisotopic (exact) mass is 303 g/mol. The number of carbonyl (C=O) groups is 1. The highest BCUT2D eigenvalue weighted by Gasteiger charge is 2.17. The van der Waals surface area contributed by atoms with Crippen LogP contribution in [0.15, 0.2) is 34.9 Å². The number of carbonyl (C=O) groups excluding carboxylic acids is 1. The van der Waals surface area contributed by atoms with Crippen molar-refractivity contribution >= 4 is 5.91 Å². The first-order valence-corrected chi connectivity index (χ1v) is 7.42. The average molecular weight is 303 g/mol. The highest BCUT2D eigenvalue weighted by atomic mass is 19.1. The molecule has 1 amide bonds. The number of rotatable bonds is 5. The molecule has 116 valence electrons. The maximum atomic E-state index is 13.7. The SMILES string of the molecule is O=C(CCc1ncc(-c2ccccc2F)o1)NC1CCNC1. The molecule has 0 saturated carbocycles. The Kier molecular flexibility index (Phi) is 4.48. The first-order chi connectivity index (χ1) is 10.7. The summed E-state index contributed by atoms with van der Waals surface area (Å²) in [6.07, 6.45) is 3.17. The van der Waals surface area contributed by atoms with E-state index < -0.39 is 0 Å². The zero-order valence-corrected chi connectivity index (χ0v) is 12.1. The van der Waals surface area contributed by atoms with E-state index in [2.05, 4.69) is 15.6 Å². The van der Waals surface area contributed by atoms with Gasteiger partial charge in [0.25, 0.3) is 0 Å². The molecule has 0 spiro atoms. The minimum atomic E-state index is -0.350. The van der Waals surface area contributed by atoms with Crippen molar-refractivity contribution < 1.29 is 13.6 Å². The van der Waals surface area contributed by atoms with Crippen LogP contribution in [0.1, 0.15) is 18.7 Å². The number of halogens is 1. The van der Waals surface area contributed by atoms with Gasteiger partial charge in [-0.15, -0.1) is 0 Å². The lowest BCUT2D eigenvalue weighted by Gasteiger charge is -2.10. The lowest BCUT2D eigenvalue weighted by molar-refractivity contribution is -0.121. The van der Waals surface area contributed by atoms with Gasteiger partial charge in [0.2, 0.25) is 5.91 Å². The highest BCUT2D eigenvalue weighted by molar-refractivity contribution is 5.76. The second-order valence-corrected chi connectivity index (χ2v) is 5.36. The first kappa shape index (κ1) is 14.7. The van der Waals surface area contributed by atoms with Gasteiger partial charge in [0.1, 0.15) is 5.82 Å². The molecule has 1 aliphatic heterocycles. The van der Waals surface area contributed by atoms with Gasteiger partial charge in [0.05, 0.1) is 11.8 Å². The standard InChI is InChI=1S/C16H18FN3O2/c17-13-4-2-1-3-12(13)14-10-19-16(22-14)6-5-15(21)20-11-7-8-18-9-11/h1-4,10-11,18H,5-9H2,(H,20,21). The zero-order valence-electron chi connectivity index (χ0n) is 12.1. The van der Waals surface area contributed by atoms with Crippen molar-refractivity contribution in [2.45, 2.75) is 25.3 Å². The van der Waals surface area contributed by atoms with Crippen LogP contribution < -0.4 is 10.6 Å². The van der Waals surface area contributed by atoms with Crippen molar-refractivity contribution in [1.29, 1.82) is 0 Å². The number of benzene rings is 1. The number of hydrogen-bond donors (Lipinski definition) is 2. The zero-order chi connectivity index (χ0) is 15.4. The molecule has 6 heteroatoms. The van der Waals surface area contributed by atoms with Crippen LogP contribution in [0.4, 0.5) is 4.39 Å². The Morgan fingerprint density at radius 2 is 2.32 bits per heavy atom. The predicted octanol–water partition coefficient (Wildman–Crippen LogP) is 1.89. The molecule has 1 aromatic heterocycles. The molecule has 0 aliphatic carbocycles. The Morgan fingerprint density at radius 3 is 3.09 bits per heavy atom. The summed E-state index contributed by atoms with van der Waals surface area (Å²) in [5, 5.41) is 6.16. The smallest absolute Gasteiger partial charge is 0.220 e. The van der Waals surface area contributed by atoms with E-state index in [1.807, 2.05) is 0 Å². The number of oxazole rings is 1. The maximum absolute atomic E-state index is 13.7. The highest BCUT2D eigenvalue weighted by Crippen LogP contribution is 2.23. The minimum absolute atomic E-state index is 0.0145. The quantitative estimate of drug-likeness (QED) is 0.885. The fraction of sp³-hybridized carbons (Fsp3) is 0.375. The molecule has 5 nitrogen and oxygen atoms in total. The number of aryl methyl sites for hydroxylation is 1. The molecule has 0 bridgehead atoms. The predicted molar refractivity (Wildman–Crippen MR) is 79.6 cm³/mol. The Balaban J connectivity index is 1.55. The number of aromatic nitrogens is 1. The Morgan fingerprint density at radius 1 is 1.45 bits per heavy atom. The summed E-state index contributed by atoms with van der Waals surface area (Å²) in [5.41, 5.74) is 0.378. The molecule has 1 aromatic carbocycles. The van der Waals surface area contributed by atoms with Crippen LogP contribution in [0.2, 0.25) is 0 Å². The Hall–Kier alpha value is -2.21. The lowest BCUT2D eigenvalue weighted by atomic mass is 10.2. The van der Waals surface area contributed by atoms with E-state index in [-0.39, 0.29) is 17.8 Å². The van der Waals surface area contributed by atoms with Gasteiger partial charge in [-0.3, -0.25) is 4.79 Å². The van der Waals surface area contributed by atoms with Crippen molar-refractivity contribution in [3.63, 3.8) is 0 Å². The van der Waals surface area contributed by atoms with E-state index in [9.17, 15) is 9.18 Å². The summed E-state index contributed by atoms with van der Waals surface area (Å²) in [7, 11) is 0. The second kappa shape index (κ2) is 6.70. The first-order valence-electron chi connectivity index (χ1n) is 7.42. The number of hydrogen-bond acceptors (Lipinski definition) is 4. The molecule has 2 heterocycles. The number of nitrogens with zero attached hydrogens (tertiary/aromatic N) is 1. The van der Waals surface area contributed by atoms with Gasteiger partial charge in [-0.1, -0.05) is 12.1 Å². The third-order valence-electron chi connectivity index (χ3n) is 3.68. The molecule has 1 unspecified atom stereocenters. The van der Waals surface area contributed by atoms with Crippen LogP contribution in [0.25, 0.3) is 11.3 Å². The molecule has 1 saturated heterocycles. The fourth-order valence-electron chi connectivity index (χ4n) is 2.51. The molecule has 3 rings (SSSR count). The van der Waals surface area contributed by atoms with E-state index in [0.29, 0.717) is 30.1 Å². The Bertz CT molecular complexity index is 650. The lowest BCUT2D eigenvalue weighted by Crippen LogP contribution is -2.36. The van der Waals surface area contributed by atoms with Crippen molar-refractivity contribution in [3.8, 4) is 11.3 Å². The largest absolute Gasteiger partial charge is 0.441 e. The summed E-state index contributed by atoms with van der Waals surface area (Å²) in [6.45, 7) is 1.76. The van der Waals surface area contributed by atoms with E-state index in [0.717, 1.165) is 19.5 Å². The molecular formula is C16H18FN3O2. The Labute approximate surface area is 127 Å². The summed E-state index contributed by atoms with van der Waals surface area (Å²) in [5.74, 6) is 0.461. The summed E-state index contributed by atoms with van der Waals surface area (Å²) >= 11 is 0. The molecule has 1 aliphatic rings. The molecular weight excluding hydrogens is 285 g/mol. The third-order valence-corrected chi connectivity index (χ3v) is 3.68. The van der Waals surface area contributed by atoms with E-state index in [1.54, 1.807) is 18.2 Å². The number of nitrogens with one attached hydrogen (secondary N) is 2. The molecule has 2 N–H and O–H groups in total. The van der Waals surface area contributed by atoms with Crippen LogP contribution in [-0.4, -0.2) is 30.0 Å². The topological polar surface area (TPSA) is 67.2 Å². The minimum Gasteiger partial charge on any atom is -0.441 e. The average Bonchev–Trinajstić information content (AvgIpc) is 3.17. The van der Waals surface area contributed by atoms with Crippen molar-refractivity contribution in [3.05, 3.63) is 42.2 Å². The van der Waals surface area contributed by atoms with Gasteiger partial charge in [0.15, 0.2) is 11.7 Å². The van der Waals surface area contributed by atoms with E-state index in [4.69, 9.17) is 4.42 Å². The van der Waals surface area contributed by atoms with Crippen LogP contribution in [-0.2, 0) is 11.2 Å². The van der Waals surface area contributed by atoms with Crippen molar-refractivity contribution in [2.24, 2.45) is 0 Å². The fourth-order valence-corrected chi connectivity index (χ4v) is 2.51. The third kappa shape index (κ3) is 3.51. The number of amides is 1. The summed E-state index contributed by atoms with van der Waals surface area (Å²) < 4.78 is 19.2. The maximum Gasteiger partial charge on any atom is 0.220 e. The van der Waals surface area contributed by atoms with E-state index >= 15 is 0 Å². The molecule has 2 aromatic rings. The molecule has 0 radical (unpaired) electrons. The summed E-state index contributed by atoms with van der Waals surface area (Å²) in [6, 6.07) is 6.59. The second-order valence-electron chi connectivity index (χ2n) is 5.36. The van der Waals surface area contributed by atoms with Crippen LogP contribution in [0.3, 0.4) is 0 Å². The van der Waals surface area contributed by atoms with Gasteiger partial charge in [-0.2, -0.15) is 0 Å². The van der Waals surface area contributed by atoms with E-state index in [1.165, 1.54) is 12.3 Å². The van der Waals surface area contributed by atoms with Crippen molar-refractivity contribution in [1.82, 2.24) is 15.6 Å². The van der Waals surface area contributed by atoms with Gasteiger partial charge < -0.3 is 15.1 Å². The normalized spacial score (nSPS) is 17.6. The van der Waals surface area contributed by atoms with Gasteiger partial charge in [-0.05, 0) is 25.1 Å². The van der Waals surface area contributed by atoms with Crippen molar-refractivity contribution in [2.75, 3.05) is 13.1 Å². The van der Waals surface area contributed by atoms with Gasteiger partial charge in [0, 0.05) is 25.4 Å². The molecule has 22 heavy (non-hydrogen) atoms. The molecule has 1 fully saturated rings. The van der Waals surface area contributed by atoms with Crippen LogP contribution in [0, 0.1) is 5.82 Å². The summed E-state index contributed by atoms with van der Waals surface area (Å²) in [4.78, 5) is 15.9.